The molecule has 4 nitrogen and oxygen atoms in total. The van der Waals surface area contributed by atoms with Crippen molar-refractivity contribution in [1.82, 2.24) is 4.98 Å². The molecule has 0 aliphatic heterocycles. The van der Waals surface area contributed by atoms with Gasteiger partial charge in [-0.3, -0.25) is 4.98 Å². The average molecular weight is 343 g/mol. The highest BCUT2D eigenvalue weighted by Gasteiger charge is 2.09. The fraction of sp³-hybridized carbons (Fsp3) is 0.158. The number of pyridine rings is 1. The number of benzene rings is 2. The van der Waals surface area contributed by atoms with Crippen LogP contribution in [0.1, 0.15) is 22.8 Å². The second kappa shape index (κ2) is 7.25. The fourth-order valence-corrected chi connectivity index (χ4v) is 2.31. The van der Waals surface area contributed by atoms with Crippen LogP contribution in [-0.2, 0) is 11.3 Å². The zero-order valence-corrected chi connectivity index (χ0v) is 13.5. The van der Waals surface area contributed by atoms with E-state index in [1.165, 1.54) is 12.3 Å². The van der Waals surface area contributed by atoms with Crippen LogP contribution < -0.4 is 4.74 Å². The van der Waals surface area contributed by atoms with E-state index in [2.05, 4.69) is 4.98 Å². The Morgan fingerprint density at radius 1 is 1.08 bits per heavy atom. The first-order chi connectivity index (χ1) is 12.1. The summed E-state index contributed by atoms with van der Waals surface area (Å²) in [4.78, 5) is 16.0. The number of esters is 1. The molecule has 0 saturated carbocycles. The standard InChI is InChI=1S/C19H15F2NO3/c1-2-24-19(23)14-8-13-4-5-15(9-18(13)22-10-14)25-11-12-3-6-16(20)17(21)7-12/h3-10H,2,11H2,1H3. The van der Waals surface area contributed by atoms with Gasteiger partial charge in [0.05, 0.1) is 17.7 Å². The summed E-state index contributed by atoms with van der Waals surface area (Å²) < 4.78 is 36.6. The topological polar surface area (TPSA) is 48.4 Å². The van der Waals surface area contributed by atoms with Crippen molar-refractivity contribution in [2.75, 3.05) is 6.61 Å². The van der Waals surface area contributed by atoms with Crippen LogP contribution in [0.3, 0.4) is 0 Å². The van der Waals surface area contributed by atoms with Crippen LogP contribution >= 0.6 is 0 Å². The number of hydrogen-bond donors (Lipinski definition) is 0. The molecule has 0 fully saturated rings. The number of ether oxygens (including phenoxy) is 2. The summed E-state index contributed by atoms with van der Waals surface area (Å²) in [7, 11) is 0. The van der Waals surface area contributed by atoms with Crippen LogP contribution in [0, 0.1) is 11.6 Å². The Morgan fingerprint density at radius 2 is 1.92 bits per heavy atom. The Morgan fingerprint density at radius 3 is 2.68 bits per heavy atom. The molecule has 0 saturated heterocycles. The van der Waals surface area contributed by atoms with Crippen molar-refractivity contribution in [1.29, 1.82) is 0 Å². The molecule has 6 heteroatoms. The van der Waals surface area contributed by atoms with Crippen LogP contribution in [0.25, 0.3) is 10.9 Å². The Hall–Kier alpha value is -3.02. The number of nitrogens with zero attached hydrogens (tertiary/aromatic N) is 1. The van der Waals surface area contributed by atoms with Gasteiger partial charge in [-0.25, -0.2) is 13.6 Å². The van der Waals surface area contributed by atoms with Gasteiger partial charge in [-0.05, 0) is 42.8 Å². The largest absolute Gasteiger partial charge is 0.489 e. The first kappa shape index (κ1) is 16.8. The van der Waals surface area contributed by atoms with Gasteiger partial charge in [0.25, 0.3) is 0 Å². The van der Waals surface area contributed by atoms with Gasteiger partial charge in [0, 0.05) is 17.6 Å². The lowest BCUT2D eigenvalue weighted by Gasteiger charge is -2.08. The maximum Gasteiger partial charge on any atom is 0.339 e. The Bertz CT molecular complexity index is 928. The van der Waals surface area contributed by atoms with Gasteiger partial charge in [0.15, 0.2) is 11.6 Å². The molecule has 0 radical (unpaired) electrons. The van der Waals surface area contributed by atoms with Crippen molar-refractivity contribution in [2.45, 2.75) is 13.5 Å². The van der Waals surface area contributed by atoms with E-state index in [4.69, 9.17) is 9.47 Å². The van der Waals surface area contributed by atoms with Crippen molar-refractivity contribution >= 4 is 16.9 Å². The molecule has 3 aromatic rings. The molecule has 0 N–H and O–H groups in total. The van der Waals surface area contributed by atoms with Crippen LogP contribution in [0.4, 0.5) is 8.78 Å². The minimum atomic E-state index is -0.909. The Kier molecular flexibility index (Phi) is 4.88. The quantitative estimate of drug-likeness (QED) is 0.649. The van der Waals surface area contributed by atoms with Crippen molar-refractivity contribution < 1.29 is 23.0 Å². The number of carbonyl (C=O) groups excluding carboxylic acids is 1. The lowest BCUT2D eigenvalue weighted by Crippen LogP contribution is -2.05. The Labute approximate surface area is 143 Å². The molecule has 0 aliphatic carbocycles. The second-order valence-electron chi connectivity index (χ2n) is 5.34. The van der Waals surface area contributed by atoms with Crippen molar-refractivity contribution in [3.63, 3.8) is 0 Å². The van der Waals surface area contributed by atoms with Crippen molar-refractivity contribution in [3.05, 3.63) is 71.4 Å². The lowest BCUT2D eigenvalue weighted by molar-refractivity contribution is 0.0526. The molecular weight excluding hydrogens is 328 g/mol. The third-order valence-electron chi connectivity index (χ3n) is 3.56. The molecular formula is C19H15F2NO3. The van der Waals surface area contributed by atoms with E-state index in [-0.39, 0.29) is 6.61 Å². The van der Waals surface area contributed by atoms with E-state index >= 15 is 0 Å². The molecule has 0 bridgehead atoms. The van der Waals surface area contributed by atoms with Crippen molar-refractivity contribution in [2.24, 2.45) is 0 Å². The van der Waals surface area contributed by atoms with E-state index < -0.39 is 17.6 Å². The van der Waals surface area contributed by atoms with Gasteiger partial charge in [-0.2, -0.15) is 0 Å². The van der Waals surface area contributed by atoms with Gasteiger partial charge < -0.3 is 9.47 Å². The number of halogens is 2. The van der Waals surface area contributed by atoms with E-state index in [0.29, 0.717) is 29.0 Å². The predicted octanol–water partition coefficient (Wildman–Crippen LogP) is 4.27. The summed E-state index contributed by atoms with van der Waals surface area (Å²) >= 11 is 0. The van der Waals surface area contributed by atoms with Crippen LogP contribution in [0.5, 0.6) is 5.75 Å². The minimum absolute atomic E-state index is 0.101. The maximum atomic E-state index is 13.2. The fourth-order valence-electron chi connectivity index (χ4n) is 2.31. The maximum absolute atomic E-state index is 13.2. The van der Waals surface area contributed by atoms with Crippen LogP contribution in [0.15, 0.2) is 48.7 Å². The van der Waals surface area contributed by atoms with Crippen LogP contribution in [-0.4, -0.2) is 17.6 Å². The zero-order chi connectivity index (χ0) is 17.8. The SMILES string of the molecule is CCOC(=O)c1cnc2cc(OCc3ccc(F)c(F)c3)ccc2c1. The van der Waals surface area contributed by atoms with Gasteiger partial charge in [-0.1, -0.05) is 6.07 Å². The lowest BCUT2D eigenvalue weighted by atomic mass is 10.1. The summed E-state index contributed by atoms with van der Waals surface area (Å²) in [6.45, 7) is 2.14. The molecule has 0 atom stereocenters. The summed E-state index contributed by atoms with van der Waals surface area (Å²) in [6.07, 6.45) is 1.44. The van der Waals surface area contributed by atoms with Gasteiger partial charge in [-0.15, -0.1) is 0 Å². The Balaban J connectivity index is 1.75. The van der Waals surface area contributed by atoms with E-state index in [1.807, 2.05) is 0 Å². The molecule has 0 aliphatic rings. The molecule has 1 aromatic heterocycles. The highest BCUT2D eigenvalue weighted by Crippen LogP contribution is 2.21. The number of carbonyl (C=O) groups is 1. The van der Waals surface area contributed by atoms with E-state index in [9.17, 15) is 13.6 Å². The minimum Gasteiger partial charge on any atom is -0.489 e. The summed E-state index contributed by atoms with van der Waals surface area (Å²) in [5.74, 6) is -1.69. The van der Waals surface area contributed by atoms with E-state index in [0.717, 1.165) is 17.5 Å². The molecule has 0 amide bonds. The molecule has 128 valence electrons. The van der Waals surface area contributed by atoms with Gasteiger partial charge >= 0.3 is 5.97 Å². The van der Waals surface area contributed by atoms with Gasteiger partial charge in [0.1, 0.15) is 12.4 Å². The number of hydrogen-bond acceptors (Lipinski definition) is 4. The monoisotopic (exact) mass is 343 g/mol. The molecule has 25 heavy (non-hydrogen) atoms. The third-order valence-corrected chi connectivity index (χ3v) is 3.56. The van der Waals surface area contributed by atoms with E-state index in [1.54, 1.807) is 31.2 Å². The van der Waals surface area contributed by atoms with Crippen molar-refractivity contribution in [3.8, 4) is 5.75 Å². The third kappa shape index (κ3) is 3.91. The first-order valence-corrected chi connectivity index (χ1v) is 7.70. The van der Waals surface area contributed by atoms with Crippen LogP contribution in [0.2, 0.25) is 0 Å². The second-order valence-corrected chi connectivity index (χ2v) is 5.34. The molecule has 1 heterocycles. The number of fused-ring (bicyclic) bond motifs is 1. The average Bonchev–Trinajstić information content (AvgIpc) is 2.62. The zero-order valence-electron chi connectivity index (χ0n) is 13.5. The summed E-state index contributed by atoms with van der Waals surface area (Å²) in [5, 5.41) is 0.769. The number of rotatable bonds is 5. The predicted molar refractivity (Wildman–Crippen MR) is 88.4 cm³/mol. The molecule has 0 spiro atoms. The highest BCUT2D eigenvalue weighted by molar-refractivity contribution is 5.93. The summed E-state index contributed by atoms with van der Waals surface area (Å²) in [5.41, 5.74) is 1.55. The number of aromatic nitrogens is 1. The molecule has 2 aromatic carbocycles. The highest BCUT2D eigenvalue weighted by atomic mass is 19.2. The molecule has 0 unspecified atom stereocenters. The first-order valence-electron chi connectivity index (χ1n) is 7.70. The van der Waals surface area contributed by atoms with Gasteiger partial charge in [0.2, 0.25) is 0 Å². The smallest absolute Gasteiger partial charge is 0.339 e. The molecule has 3 rings (SSSR count). The normalized spacial score (nSPS) is 10.7. The summed E-state index contributed by atoms with van der Waals surface area (Å²) in [6, 6.07) is 10.5.